The van der Waals surface area contributed by atoms with E-state index in [9.17, 15) is 9.90 Å². The van der Waals surface area contributed by atoms with E-state index in [1.807, 2.05) is 0 Å². The van der Waals surface area contributed by atoms with Crippen LogP contribution in [0.5, 0.6) is 11.5 Å². The largest absolute Gasteiger partial charge is 0.457 e. The summed E-state index contributed by atoms with van der Waals surface area (Å²) in [6.07, 6.45) is 0.113. The first kappa shape index (κ1) is 18.2. The van der Waals surface area contributed by atoms with Crippen molar-refractivity contribution in [3.8, 4) is 29.0 Å². The number of ketones is 1. The van der Waals surface area contributed by atoms with Gasteiger partial charge in [0.2, 0.25) is 0 Å². The molecule has 7 nitrogen and oxygen atoms in total. The third-order valence-corrected chi connectivity index (χ3v) is 3.80. The molecule has 3 aromatic rings. The average molecular weight is 360 g/mol. The van der Waals surface area contributed by atoms with Gasteiger partial charge in [-0.3, -0.25) is 4.79 Å². The van der Waals surface area contributed by atoms with Crippen LogP contribution in [0.1, 0.15) is 17.4 Å². The Morgan fingerprint density at radius 1 is 1.11 bits per heavy atom. The maximum absolute atomic E-state index is 11.5. The molecule has 3 rings (SSSR count). The first-order valence-electron chi connectivity index (χ1n) is 8.13. The second-order valence-electron chi connectivity index (χ2n) is 5.64. The number of rotatable bonds is 6. The van der Waals surface area contributed by atoms with Crippen molar-refractivity contribution in [3.63, 3.8) is 0 Å². The lowest BCUT2D eigenvalue weighted by atomic mass is 10.1. The van der Waals surface area contributed by atoms with Crippen molar-refractivity contribution in [1.29, 1.82) is 5.26 Å². The Kier molecular flexibility index (Phi) is 5.52. The number of nitrogens with zero attached hydrogens (tertiary/aromatic N) is 3. The van der Waals surface area contributed by atoms with Crippen molar-refractivity contribution >= 4 is 5.78 Å². The van der Waals surface area contributed by atoms with Gasteiger partial charge in [0.05, 0.1) is 23.9 Å². The zero-order chi connectivity index (χ0) is 19.2. The van der Waals surface area contributed by atoms with Gasteiger partial charge in [-0.1, -0.05) is 0 Å². The molecule has 2 aromatic carbocycles. The minimum atomic E-state index is -1.37. The lowest BCUT2D eigenvalue weighted by Gasteiger charge is -2.09. The molecule has 0 aliphatic heterocycles. The molecule has 7 heteroatoms. The third kappa shape index (κ3) is 4.33. The minimum absolute atomic E-state index is 0.202. The van der Waals surface area contributed by atoms with Gasteiger partial charge in [-0.25, -0.2) is 9.97 Å². The topological polar surface area (TPSA) is 122 Å². The van der Waals surface area contributed by atoms with Gasteiger partial charge in [0.15, 0.2) is 17.7 Å². The second-order valence-corrected chi connectivity index (χ2v) is 5.64. The number of aliphatic hydroxyl groups excluding tert-OH is 1. The fourth-order valence-corrected chi connectivity index (χ4v) is 2.35. The SMILES string of the molecule is N#Cc1ccc(Oc2ccc(-c3nccc([C@@H](O)C(=O)CN)n3)cc2)cc1. The Hall–Kier alpha value is -3.60. The molecule has 0 aliphatic rings. The average Bonchev–Trinajstić information content (AvgIpc) is 2.74. The Labute approximate surface area is 155 Å². The van der Waals surface area contributed by atoms with Crippen LogP contribution >= 0.6 is 0 Å². The number of hydrogen-bond donors (Lipinski definition) is 2. The van der Waals surface area contributed by atoms with E-state index in [0.717, 1.165) is 0 Å². The molecular weight excluding hydrogens is 344 g/mol. The molecular formula is C20H16N4O3. The predicted octanol–water partition coefficient (Wildman–Crippen LogP) is 2.37. The van der Waals surface area contributed by atoms with E-state index < -0.39 is 11.9 Å². The molecule has 0 saturated carbocycles. The van der Waals surface area contributed by atoms with Gasteiger partial charge >= 0.3 is 0 Å². The lowest BCUT2D eigenvalue weighted by Crippen LogP contribution is -2.22. The summed E-state index contributed by atoms with van der Waals surface area (Å²) in [5, 5.41) is 18.8. The standard InChI is InChI=1S/C20H16N4O3/c21-11-13-1-5-15(6-2-13)27-16-7-3-14(4-8-16)20-23-10-9-17(24-20)19(26)18(25)12-22/h1-10,19,26H,12,22H2/t19-/m1/s1. The molecule has 0 aliphatic carbocycles. The van der Waals surface area contributed by atoms with Gasteiger partial charge in [-0.15, -0.1) is 0 Å². The number of ether oxygens (including phenoxy) is 1. The van der Waals surface area contributed by atoms with E-state index in [2.05, 4.69) is 16.0 Å². The molecule has 134 valence electrons. The van der Waals surface area contributed by atoms with Gasteiger partial charge < -0.3 is 15.6 Å². The number of benzene rings is 2. The fourth-order valence-electron chi connectivity index (χ4n) is 2.35. The van der Waals surface area contributed by atoms with Crippen LogP contribution in [0.3, 0.4) is 0 Å². The van der Waals surface area contributed by atoms with Crippen LogP contribution in [0.4, 0.5) is 0 Å². The number of aromatic nitrogens is 2. The molecule has 0 radical (unpaired) electrons. The smallest absolute Gasteiger partial charge is 0.180 e. The van der Waals surface area contributed by atoms with Gasteiger partial charge in [-0.2, -0.15) is 5.26 Å². The highest BCUT2D eigenvalue weighted by Gasteiger charge is 2.18. The number of Topliss-reactive ketones (excluding diaryl/α,β-unsaturated/α-hetero) is 1. The maximum Gasteiger partial charge on any atom is 0.180 e. The number of aliphatic hydroxyl groups is 1. The van der Waals surface area contributed by atoms with Crippen LogP contribution in [-0.2, 0) is 4.79 Å². The summed E-state index contributed by atoms with van der Waals surface area (Å²) < 4.78 is 5.73. The maximum atomic E-state index is 11.5. The second kappa shape index (κ2) is 8.19. The fraction of sp³-hybridized carbons (Fsp3) is 0.100. The van der Waals surface area contributed by atoms with Gasteiger partial charge in [0.25, 0.3) is 0 Å². The molecule has 27 heavy (non-hydrogen) atoms. The first-order chi connectivity index (χ1) is 13.1. The van der Waals surface area contributed by atoms with E-state index in [0.29, 0.717) is 28.5 Å². The Morgan fingerprint density at radius 2 is 1.74 bits per heavy atom. The molecule has 1 heterocycles. The summed E-state index contributed by atoms with van der Waals surface area (Å²) in [5.41, 5.74) is 6.74. The molecule has 1 aromatic heterocycles. The van der Waals surface area contributed by atoms with E-state index >= 15 is 0 Å². The number of nitrogens with two attached hydrogens (primary N) is 1. The number of nitriles is 1. The summed E-state index contributed by atoms with van der Waals surface area (Å²) in [6, 6.07) is 17.4. The Bertz CT molecular complexity index is 979. The quantitative estimate of drug-likeness (QED) is 0.692. The summed E-state index contributed by atoms with van der Waals surface area (Å²) >= 11 is 0. The molecule has 0 bridgehead atoms. The zero-order valence-corrected chi connectivity index (χ0v) is 14.2. The van der Waals surface area contributed by atoms with E-state index in [1.54, 1.807) is 48.5 Å². The Morgan fingerprint density at radius 3 is 2.33 bits per heavy atom. The summed E-state index contributed by atoms with van der Waals surface area (Å²) in [4.78, 5) is 20.0. The third-order valence-electron chi connectivity index (χ3n) is 3.80. The first-order valence-corrected chi connectivity index (χ1v) is 8.13. The number of hydrogen-bond acceptors (Lipinski definition) is 7. The summed E-state index contributed by atoms with van der Waals surface area (Å²) in [5.74, 6) is 1.09. The van der Waals surface area contributed by atoms with Gasteiger partial charge in [0, 0.05) is 11.8 Å². The van der Waals surface area contributed by atoms with E-state index in [1.165, 1.54) is 12.3 Å². The van der Waals surface area contributed by atoms with Crippen LogP contribution < -0.4 is 10.5 Å². The van der Waals surface area contributed by atoms with Crippen LogP contribution in [0, 0.1) is 11.3 Å². The highest BCUT2D eigenvalue weighted by molar-refractivity contribution is 5.85. The highest BCUT2D eigenvalue weighted by atomic mass is 16.5. The molecule has 3 N–H and O–H groups in total. The van der Waals surface area contributed by atoms with Crippen molar-refractivity contribution in [3.05, 3.63) is 72.1 Å². The number of carbonyl (C=O) groups excluding carboxylic acids is 1. The van der Waals surface area contributed by atoms with Crippen molar-refractivity contribution in [2.75, 3.05) is 6.54 Å². The van der Waals surface area contributed by atoms with Gasteiger partial charge in [-0.05, 0) is 54.6 Å². The summed E-state index contributed by atoms with van der Waals surface area (Å²) in [7, 11) is 0. The van der Waals surface area contributed by atoms with Crippen LogP contribution in [0.15, 0.2) is 60.8 Å². The molecule has 0 fully saturated rings. The van der Waals surface area contributed by atoms with Crippen molar-refractivity contribution in [2.24, 2.45) is 5.73 Å². The predicted molar refractivity (Wildman–Crippen MR) is 97.7 cm³/mol. The normalized spacial score (nSPS) is 11.4. The molecule has 0 saturated heterocycles. The molecule has 1 atom stereocenters. The van der Waals surface area contributed by atoms with Gasteiger partial charge in [0.1, 0.15) is 11.5 Å². The van der Waals surface area contributed by atoms with Crippen LogP contribution in [-0.4, -0.2) is 27.4 Å². The van der Waals surface area contributed by atoms with Crippen molar-refractivity contribution in [2.45, 2.75) is 6.10 Å². The molecule has 0 amide bonds. The highest BCUT2D eigenvalue weighted by Crippen LogP contribution is 2.25. The van der Waals surface area contributed by atoms with E-state index in [-0.39, 0.29) is 12.2 Å². The molecule has 0 unspecified atom stereocenters. The Balaban J connectivity index is 1.77. The minimum Gasteiger partial charge on any atom is -0.457 e. The van der Waals surface area contributed by atoms with E-state index in [4.69, 9.17) is 15.7 Å². The van der Waals surface area contributed by atoms with Crippen molar-refractivity contribution < 1.29 is 14.6 Å². The number of carbonyl (C=O) groups is 1. The van der Waals surface area contributed by atoms with Crippen LogP contribution in [0.25, 0.3) is 11.4 Å². The monoisotopic (exact) mass is 360 g/mol. The zero-order valence-electron chi connectivity index (χ0n) is 14.2. The van der Waals surface area contributed by atoms with Crippen molar-refractivity contribution in [1.82, 2.24) is 9.97 Å². The lowest BCUT2D eigenvalue weighted by molar-refractivity contribution is -0.126. The molecule has 0 spiro atoms. The van der Waals surface area contributed by atoms with Crippen LogP contribution in [0.2, 0.25) is 0 Å². The summed E-state index contributed by atoms with van der Waals surface area (Å²) in [6.45, 7) is -0.262.